The van der Waals surface area contributed by atoms with E-state index in [4.69, 9.17) is 9.47 Å². The molecule has 1 unspecified atom stereocenters. The fraction of sp³-hybridized carbons (Fsp3) is 0.667. The molecule has 1 aromatic rings. The van der Waals surface area contributed by atoms with Crippen molar-refractivity contribution < 1.29 is 14.6 Å². The van der Waals surface area contributed by atoms with Crippen LogP contribution in [0.5, 0.6) is 5.75 Å². The maximum Gasteiger partial charge on any atom is 0.124 e. The maximum absolute atomic E-state index is 9.84. The van der Waals surface area contributed by atoms with Crippen molar-refractivity contribution in [2.75, 3.05) is 33.0 Å². The molecule has 0 radical (unpaired) electrons. The molecule has 0 amide bonds. The summed E-state index contributed by atoms with van der Waals surface area (Å²) in [4.78, 5) is 0. The van der Waals surface area contributed by atoms with Crippen molar-refractivity contribution in [1.29, 1.82) is 0 Å². The Bertz CT molecular complexity index is 497. The summed E-state index contributed by atoms with van der Waals surface area (Å²) in [6.07, 6.45) is 4.00. The van der Waals surface area contributed by atoms with Crippen LogP contribution in [0.3, 0.4) is 0 Å². The summed E-state index contributed by atoms with van der Waals surface area (Å²) in [5, 5.41) is 13.5. The van der Waals surface area contributed by atoms with Crippen LogP contribution >= 0.6 is 0 Å². The van der Waals surface area contributed by atoms with Gasteiger partial charge in [-0.25, -0.2) is 0 Å². The van der Waals surface area contributed by atoms with E-state index < -0.39 is 0 Å². The molecule has 0 aromatic heterocycles. The van der Waals surface area contributed by atoms with E-state index in [-0.39, 0.29) is 12.0 Å². The Balaban J connectivity index is 1.72. The highest BCUT2D eigenvalue weighted by atomic mass is 16.5. The van der Waals surface area contributed by atoms with Crippen LogP contribution in [0.1, 0.15) is 42.9 Å². The van der Waals surface area contributed by atoms with Crippen LogP contribution in [-0.4, -0.2) is 38.1 Å². The molecule has 0 saturated carbocycles. The molecule has 2 N–H and O–H groups in total. The highest BCUT2D eigenvalue weighted by molar-refractivity contribution is 5.39. The Labute approximate surface area is 132 Å². The summed E-state index contributed by atoms with van der Waals surface area (Å²) >= 11 is 0. The van der Waals surface area contributed by atoms with Crippen LogP contribution in [0.4, 0.5) is 0 Å². The van der Waals surface area contributed by atoms with Crippen molar-refractivity contribution in [1.82, 2.24) is 5.32 Å². The summed E-state index contributed by atoms with van der Waals surface area (Å²) < 4.78 is 11.3. The molecule has 0 aliphatic carbocycles. The van der Waals surface area contributed by atoms with Gasteiger partial charge in [-0.2, -0.15) is 0 Å². The number of hydrogen-bond acceptors (Lipinski definition) is 4. The number of fused-ring (bicyclic) bond motifs is 1. The minimum absolute atomic E-state index is 0.0315. The Morgan fingerprint density at radius 3 is 2.86 bits per heavy atom. The van der Waals surface area contributed by atoms with Crippen molar-refractivity contribution in [2.45, 2.75) is 38.6 Å². The molecular formula is C18H27NO3. The van der Waals surface area contributed by atoms with Gasteiger partial charge in [-0.05, 0) is 44.2 Å². The number of rotatable bonds is 4. The molecule has 3 rings (SSSR count). The monoisotopic (exact) mass is 305 g/mol. The largest absolute Gasteiger partial charge is 0.493 e. The first-order chi connectivity index (χ1) is 10.7. The lowest BCUT2D eigenvalue weighted by atomic mass is 9.80. The standard InChI is InChI=1S/C18H27NO3/c1-14-4-5-15-16(3-2-8-22-17(15)11-14)19-12-18(13-20)6-9-21-10-7-18/h4-5,11,16,19-20H,2-3,6-10,12-13H2,1H3. The highest BCUT2D eigenvalue weighted by Crippen LogP contribution is 2.34. The first-order valence-corrected chi connectivity index (χ1v) is 8.38. The third-order valence-electron chi connectivity index (χ3n) is 5.05. The van der Waals surface area contributed by atoms with Crippen LogP contribution in [0.2, 0.25) is 0 Å². The number of hydrogen-bond donors (Lipinski definition) is 2. The second kappa shape index (κ2) is 6.99. The van der Waals surface area contributed by atoms with E-state index in [1.54, 1.807) is 0 Å². The summed E-state index contributed by atoms with van der Waals surface area (Å²) in [5.74, 6) is 1.01. The molecule has 1 saturated heterocycles. The van der Waals surface area contributed by atoms with E-state index in [0.717, 1.165) is 57.8 Å². The van der Waals surface area contributed by atoms with Gasteiger partial charge in [0.15, 0.2) is 0 Å². The molecule has 1 fully saturated rings. The van der Waals surface area contributed by atoms with Gasteiger partial charge < -0.3 is 19.9 Å². The summed E-state index contributed by atoms with van der Waals surface area (Å²) in [5.41, 5.74) is 2.45. The quantitative estimate of drug-likeness (QED) is 0.898. The number of nitrogens with one attached hydrogen (secondary N) is 1. The highest BCUT2D eigenvalue weighted by Gasteiger charge is 2.33. The van der Waals surface area contributed by atoms with Gasteiger partial charge in [0.1, 0.15) is 5.75 Å². The number of aliphatic hydroxyl groups is 1. The summed E-state index contributed by atoms with van der Waals surface area (Å²) in [6.45, 7) is 5.46. The van der Waals surface area contributed by atoms with Crippen molar-refractivity contribution in [3.05, 3.63) is 29.3 Å². The first-order valence-electron chi connectivity index (χ1n) is 8.38. The van der Waals surface area contributed by atoms with Gasteiger partial charge in [-0.15, -0.1) is 0 Å². The average Bonchev–Trinajstić information content (AvgIpc) is 2.75. The normalized spacial score (nSPS) is 24.2. The lowest BCUT2D eigenvalue weighted by Gasteiger charge is -2.37. The summed E-state index contributed by atoms with van der Waals surface area (Å²) in [6, 6.07) is 6.78. The molecule has 0 spiro atoms. The van der Waals surface area contributed by atoms with Crippen molar-refractivity contribution >= 4 is 0 Å². The van der Waals surface area contributed by atoms with Crippen LogP contribution in [-0.2, 0) is 4.74 Å². The fourth-order valence-corrected chi connectivity index (χ4v) is 3.43. The molecule has 122 valence electrons. The third kappa shape index (κ3) is 3.45. The Morgan fingerprint density at radius 2 is 2.09 bits per heavy atom. The van der Waals surface area contributed by atoms with Crippen LogP contribution < -0.4 is 10.1 Å². The van der Waals surface area contributed by atoms with Gasteiger partial charge in [0.05, 0.1) is 13.2 Å². The number of ether oxygens (including phenoxy) is 2. The van der Waals surface area contributed by atoms with E-state index in [1.165, 1.54) is 11.1 Å². The molecule has 4 heteroatoms. The van der Waals surface area contributed by atoms with E-state index in [1.807, 2.05) is 0 Å². The fourth-order valence-electron chi connectivity index (χ4n) is 3.43. The van der Waals surface area contributed by atoms with Gasteiger partial charge >= 0.3 is 0 Å². The number of benzene rings is 1. The topological polar surface area (TPSA) is 50.7 Å². The van der Waals surface area contributed by atoms with E-state index in [0.29, 0.717) is 6.04 Å². The summed E-state index contributed by atoms with van der Waals surface area (Å²) in [7, 11) is 0. The van der Waals surface area contributed by atoms with E-state index in [9.17, 15) is 5.11 Å². The van der Waals surface area contributed by atoms with Crippen LogP contribution in [0.25, 0.3) is 0 Å². The van der Waals surface area contributed by atoms with Gasteiger partial charge in [-0.1, -0.05) is 12.1 Å². The Kier molecular flexibility index (Phi) is 5.01. The zero-order chi connectivity index (χ0) is 15.4. The third-order valence-corrected chi connectivity index (χ3v) is 5.05. The number of aliphatic hydroxyl groups excluding tert-OH is 1. The molecule has 22 heavy (non-hydrogen) atoms. The predicted octanol–water partition coefficient (Wildman–Crippen LogP) is 2.59. The van der Waals surface area contributed by atoms with Gasteiger partial charge in [0.25, 0.3) is 0 Å². The maximum atomic E-state index is 9.84. The van der Waals surface area contributed by atoms with E-state index in [2.05, 4.69) is 30.4 Å². The molecule has 2 aliphatic rings. The molecule has 2 heterocycles. The van der Waals surface area contributed by atoms with Crippen molar-refractivity contribution in [3.63, 3.8) is 0 Å². The van der Waals surface area contributed by atoms with Crippen LogP contribution in [0, 0.1) is 12.3 Å². The predicted molar refractivity (Wildman–Crippen MR) is 86.2 cm³/mol. The SMILES string of the molecule is Cc1ccc2c(c1)OCCCC2NCC1(CO)CCOCC1. The number of aryl methyl sites for hydroxylation is 1. The zero-order valence-corrected chi connectivity index (χ0v) is 13.4. The lowest BCUT2D eigenvalue weighted by Crippen LogP contribution is -2.43. The van der Waals surface area contributed by atoms with Gasteiger partial charge in [-0.3, -0.25) is 0 Å². The Hall–Kier alpha value is -1.10. The molecular weight excluding hydrogens is 278 g/mol. The van der Waals surface area contributed by atoms with Crippen molar-refractivity contribution in [2.24, 2.45) is 5.41 Å². The molecule has 0 bridgehead atoms. The van der Waals surface area contributed by atoms with Crippen LogP contribution in [0.15, 0.2) is 18.2 Å². The Morgan fingerprint density at radius 1 is 1.27 bits per heavy atom. The minimum Gasteiger partial charge on any atom is -0.493 e. The second-order valence-corrected chi connectivity index (χ2v) is 6.74. The molecule has 4 nitrogen and oxygen atoms in total. The van der Waals surface area contributed by atoms with Gasteiger partial charge in [0, 0.05) is 36.8 Å². The second-order valence-electron chi connectivity index (χ2n) is 6.74. The van der Waals surface area contributed by atoms with Gasteiger partial charge in [0.2, 0.25) is 0 Å². The molecule has 1 aromatic carbocycles. The molecule has 2 aliphatic heterocycles. The minimum atomic E-state index is -0.0315. The zero-order valence-electron chi connectivity index (χ0n) is 13.4. The van der Waals surface area contributed by atoms with E-state index >= 15 is 0 Å². The smallest absolute Gasteiger partial charge is 0.124 e. The average molecular weight is 305 g/mol. The molecule has 1 atom stereocenters. The first kappa shape index (κ1) is 15.8. The lowest BCUT2D eigenvalue weighted by molar-refractivity contribution is -0.0166. The van der Waals surface area contributed by atoms with Crippen molar-refractivity contribution in [3.8, 4) is 5.75 Å².